The van der Waals surface area contributed by atoms with Crippen molar-refractivity contribution in [2.45, 2.75) is 26.9 Å². The van der Waals surface area contributed by atoms with Crippen molar-refractivity contribution in [3.05, 3.63) is 70.8 Å². The van der Waals surface area contributed by atoms with Crippen molar-refractivity contribution in [2.24, 2.45) is 0 Å². The quantitative estimate of drug-likeness (QED) is 0.306. The molecule has 0 aliphatic carbocycles. The number of amides is 1. The number of carbonyl (C=O) groups is 1. The molecule has 0 radical (unpaired) electrons. The van der Waals surface area contributed by atoms with Crippen molar-refractivity contribution in [2.75, 3.05) is 20.3 Å². The van der Waals surface area contributed by atoms with Gasteiger partial charge in [0, 0.05) is 24.4 Å². The highest BCUT2D eigenvalue weighted by Gasteiger charge is 2.32. The maximum absolute atomic E-state index is 13.0. The Bertz CT molecular complexity index is 1240. The van der Waals surface area contributed by atoms with Crippen LogP contribution in [-0.4, -0.2) is 51.3 Å². The number of ether oxygens (including phenoxy) is 2. The van der Waals surface area contributed by atoms with Crippen LogP contribution >= 0.6 is 24.0 Å². The molecule has 1 amide bonds. The average Bonchev–Trinajstić information content (AvgIpc) is 3.33. The fraction of sp³-hybridized carbons (Fsp3) is 0.269. The summed E-state index contributed by atoms with van der Waals surface area (Å²) in [6.07, 6.45) is 3.93. The average molecular weight is 494 g/mol. The molecule has 1 aliphatic heterocycles. The Morgan fingerprint density at radius 3 is 2.62 bits per heavy atom. The number of benzene rings is 2. The van der Waals surface area contributed by atoms with Gasteiger partial charge in [-0.25, -0.2) is 4.68 Å². The lowest BCUT2D eigenvalue weighted by molar-refractivity contribution is -0.122. The van der Waals surface area contributed by atoms with Crippen LogP contribution in [0.25, 0.3) is 23.0 Å². The summed E-state index contributed by atoms with van der Waals surface area (Å²) in [6, 6.07) is 15.9. The lowest BCUT2D eigenvalue weighted by Crippen LogP contribution is -2.31. The van der Waals surface area contributed by atoms with Gasteiger partial charge in [-0.2, -0.15) is 5.10 Å². The van der Waals surface area contributed by atoms with E-state index in [1.807, 2.05) is 86.3 Å². The van der Waals surface area contributed by atoms with E-state index in [2.05, 4.69) is 0 Å². The summed E-state index contributed by atoms with van der Waals surface area (Å²) in [5, 5.41) is 4.90. The van der Waals surface area contributed by atoms with Crippen LogP contribution < -0.4 is 4.74 Å². The van der Waals surface area contributed by atoms with Crippen molar-refractivity contribution in [1.29, 1.82) is 0 Å². The van der Waals surface area contributed by atoms with E-state index in [9.17, 15) is 4.79 Å². The molecule has 0 bridgehead atoms. The van der Waals surface area contributed by atoms with Gasteiger partial charge in [0.15, 0.2) is 0 Å². The number of thioether (sulfide) groups is 1. The molecule has 2 aromatic carbocycles. The minimum Gasteiger partial charge on any atom is -0.491 e. The van der Waals surface area contributed by atoms with Crippen molar-refractivity contribution in [1.82, 2.24) is 14.7 Å². The largest absolute Gasteiger partial charge is 0.491 e. The minimum absolute atomic E-state index is 0.0955. The van der Waals surface area contributed by atoms with E-state index in [1.54, 1.807) is 12.0 Å². The minimum atomic E-state index is -0.108. The van der Waals surface area contributed by atoms with Gasteiger partial charge in [0.05, 0.1) is 29.8 Å². The monoisotopic (exact) mass is 493 g/mol. The Balaban J connectivity index is 1.77. The number of aryl methyl sites for hydroxylation is 1. The predicted molar refractivity (Wildman–Crippen MR) is 141 cm³/mol. The lowest BCUT2D eigenvalue weighted by atomic mass is 10.0. The maximum atomic E-state index is 13.0. The van der Waals surface area contributed by atoms with Gasteiger partial charge in [0.25, 0.3) is 5.91 Å². The highest BCUT2D eigenvalue weighted by Crippen LogP contribution is 2.36. The molecule has 1 aliphatic rings. The molecular formula is C26H27N3O3S2. The summed E-state index contributed by atoms with van der Waals surface area (Å²) in [5.74, 6) is 0.710. The van der Waals surface area contributed by atoms with Gasteiger partial charge >= 0.3 is 0 Å². The second-order valence-electron chi connectivity index (χ2n) is 8.18. The Hall–Kier alpha value is -2.94. The standard InChI is InChI=1S/C26H27N3O3S2/c1-17(2)32-21-10-11-22(18(3)14-21)24-19(16-29(27-24)20-8-6-5-7-9-20)15-23-25(30)28(12-13-31-4)26(33)34-23/h5-11,14-17H,12-13H2,1-4H3. The van der Waals surface area contributed by atoms with Gasteiger partial charge in [0.2, 0.25) is 0 Å². The van der Waals surface area contributed by atoms with Gasteiger partial charge < -0.3 is 9.47 Å². The molecule has 1 saturated heterocycles. The third-order valence-electron chi connectivity index (χ3n) is 5.27. The number of carbonyl (C=O) groups excluding carboxylic acids is 1. The van der Waals surface area contributed by atoms with Gasteiger partial charge in [-0.3, -0.25) is 9.69 Å². The molecule has 176 valence electrons. The first-order valence-electron chi connectivity index (χ1n) is 11.0. The first-order chi connectivity index (χ1) is 16.4. The van der Waals surface area contributed by atoms with Crippen molar-refractivity contribution in [3.8, 4) is 22.7 Å². The molecule has 0 N–H and O–H groups in total. The number of nitrogens with zero attached hydrogens (tertiary/aromatic N) is 3. The zero-order valence-corrected chi connectivity index (χ0v) is 21.3. The summed E-state index contributed by atoms with van der Waals surface area (Å²) in [7, 11) is 1.61. The smallest absolute Gasteiger partial charge is 0.266 e. The normalized spacial score (nSPS) is 15.1. The fourth-order valence-electron chi connectivity index (χ4n) is 3.68. The van der Waals surface area contributed by atoms with Gasteiger partial charge in [-0.05, 0) is 62.7 Å². The van der Waals surface area contributed by atoms with Crippen LogP contribution in [0, 0.1) is 6.92 Å². The van der Waals surface area contributed by atoms with Crippen LogP contribution in [-0.2, 0) is 9.53 Å². The molecule has 6 nitrogen and oxygen atoms in total. The molecule has 4 rings (SSSR count). The number of hydrogen-bond acceptors (Lipinski definition) is 6. The van der Waals surface area contributed by atoms with Crippen molar-refractivity contribution in [3.63, 3.8) is 0 Å². The van der Waals surface area contributed by atoms with Gasteiger partial charge in [0.1, 0.15) is 15.8 Å². The Morgan fingerprint density at radius 2 is 1.94 bits per heavy atom. The molecule has 2 heterocycles. The van der Waals surface area contributed by atoms with Gasteiger partial charge in [-0.1, -0.05) is 42.2 Å². The lowest BCUT2D eigenvalue weighted by Gasteiger charge is -2.13. The number of aromatic nitrogens is 2. The Morgan fingerprint density at radius 1 is 1.18 bits per heavy atom. The summed E-state index contributed by atoms with van der Waals surface area (Å²) in [5.41, 5.74) is 4.59. The topological polar surface area (TPSA) is 56.6 Å². The van der Waals surface area contributed by atoms with Crippen molar-refractivity contribution < 1.29 is 14.3 Å². The first kappa shape index (κ1) is 24.2. The summed E-state index contributed by atoms with van der Waals surface area (Å²) >= 11 is 6.74. The molecule has 0 atom stereocenters. The molecule has 1 aromatic heterocycles. The number of para-hydroxylation sites is 1. The number of methoxy groups -OCH3 is 1. The Labute approximate surface area is 209 Å². The SMILES string of the molecule is COCCN1C(=O)C(=Cc2cn(-c3ccccc3)nc2-c2ccc(OC(C)C)cc2C)SC1=S. The van der Waals surface area contributed by atoms with E-state index in [0.717, 1.165) is 33.8 Å². The van der Waals surface area contributed by atoms with E-state index in [4.69, 9.17) is 26.8 Å². The predicted octanol–water partition coefficient (Wildman–Crippen LogP) is 5.48. The molecular weight excluding hydrogens is 466 g/mol. The highest BCUT2D eigenvalue weighted by atomic mass is 32.2. The molecule has 0 spiro atoms. The summed E-state index contributed by atoms with van der Waals surface area (Å²) < 4.78 is 13.4. The molecule has 34 heavy (non-hydrogen) atoms. The third-order valence-corrected chi connectivity index (χ3v) is 6.65. The molecule has 0 unspecified atom stereocenters. The highest BCUT2D eigenvalue weighted by molar-refractivity contribution is 8.26. The zero-order chi connectivity index (χ0) is 24.2. The van der Waals surface area contributed by atoms with Crippen LogP contribution in [0.2, 0.25) is 0 Å². The second-order valence-corrected chi connectivity index (χ2v) is 9.86. The molecule has 1 fully saturated rings. The van der Waals surface area contributed by atoms with Gasteiger partial charge in [-0.15, -0.1) is 0 Å². The molecule has 8 heteroatoms. The zero-order valence-electron chi connectivity index (χ0n) is 19.6. The number of thiocarbonyl (C=S) groups is 1. The number of hydrogen-bond donors (Lipinski definition) is 0. The molecule has 3 aromatic rings. The van der Waals surface area contributed by atoms with Crippen molar-refractivity contribution >= 4 is 40.3 Å². The summed E-state index contributed by atoms with van der Waals surface area (Å²) in [6.45, 7) is 6.92. The van der Waals surface area contributed by atoms with Crippen LogP contribution in [0.4, 0.5) is 0 Å². The van der Waals surface area contributed by atoms with Crippen LogP contribution in [0.5, 0.6) is 5.75 Å². The third kappa shape index (κ3) is 5.24. The van der Waals surface area contributed by atoms with E-state index < -0.39 is 0 Å². The van der Waals surface area contributed by atoms with E-state index in [-0.39, 0.29) is 12.0 Å². The van der Waals surface area contributed by atoms with E-state index >= 15 is 0 Å². The van der Waals surface area contributed by atoms with Crippen LogP contribution in [0.15, 0.2) is 59.6 Å². The first-order valence-corrected chi connectivity index (χ1v) is 12.3. The molecule has 0 saturated carbocycles. The second kappa shape index (κ2) is 10.5. The van der Waals surface area contributed by atoms with Crippen LogP contribution in [0.3, 0.4) is 0 Å². The van der Waals surface area contributed by atoms with E-state index in [0.29, 0.717) is 22.4 Å². The number of rotatable bonds is 8. The Kier molecular flexibility index (Phi) is 7.50. The summed E-state index contributed by atoms with van der Waals surface area (Å²) in [4.78, 5) is 15.2. The fourth-order valence-corrected chi connectivity index (χ4v) is 4.98. The van der Waals surface area contributed by atoms with Crippen LogP contribution in [0.1, 0.15) is 25.0 Å². The van der Waals surface area contributed by atoms with E-state index in [1.165, 1.54) is 11.8 Å². The maximum Gasteiger partial charge on any atom is 0.266 e.